The first-order chi connectivity index (χ1) is 15.0. The molecular formula is C19H18N6O6. The highest BCUT2D eigenvalue weighted by atomic mass is 16.1. The van der Waals surface area contributed by atoms with Gasteiger partial charge in [0.2, 0.25) is 36.5 Å². The zero-order valence-corrected chi connectivity index (χ0v) is 16.4. The molecule has 0 N–H and O–H groups in total. The van der Waals surface area contributed by atoms with Gasteiger partial charge >= 0.3 is 0 Å². The normalized spacial score (nSPS) is 34.1. The molecule has 2 fully saturated rings. The van der Waals surface area contributed by atoms with E-state index in [-0.39, 0.29) is 25.2 Å². The highest BCUT2D eigenvalue weighted by molar-refractivity contribution is 5.41. The lowest BCUT2D eigenvalue weighted by Gasteiger charge is -2.42. The second-order valence-corrected chi connectivity index (χ2v) is 7.55. The van der Waals surface area contributed by atoms with Crippen molar-refractivity contribution in [3.8, 4) is 0 Å². The molecular weight excluding hydrogens is 408 g/mol. The number of rotatable bonds is 8. The van der Waals surface area contributed by atoms with Crippen molar-refractivity contribution in [1.29, 1.82) is 0 Å². The lowest BCUT2D eigenvalue weighted by molar-refractivity contribution is 0.117. The first-order valence-corrected chi connectivity index (χ1v) is 9.52. The van der Waals surface area contributed by atoms with Crippen LogP contribution in [0.5, 0.6) is 0 Å². The third kappa shape index (κ3) is 5.46. The number of carbonyl (C=O) groups excluding carboxylic acids is 6. The lowest BCUT2D eigenvalue weighted by Crippen LogP contribution is -2.45. The molecule has 2 rings (SSSR count). The van der Waals surface area contributed by atoms with Crippen molar-refractivity contribution < 1.29 is 28.8 Å². The Morgan fingerprint density at radius 1 is 0.677 bits per heavy atom. The number of isocyanates is 6. The fraction of sp³-hybridized carbons (Fsp3) is 0.684. The molecule has 4 atom stereocenters. The van der Waals surface area contributed by atoms with Crippen molar-refractivity contribution in [2.45, 2.75) is 68.4 Å². The Labute approximate surface area is 176 Å². The van der Waals surface area contributed by atoms with Crippen LogP contribution in [0.25, 0.3) is 0 Å². The molecule has 0 spiro atoms. The lowest BCUT2D eigenvalue weighted by atomic mass is 9.68. The highest BCUT2D eigenvalue weighted by Crippen LogP contribution is 2.46. The summed E-state index contributed by atoms with van der Waals surface area (Å²) in [6.45, 7) is 0. The Bertz CT molecular complexity index is 938. The minimum atomic E-state index is -1.50. The van der Waals surface area contributed by atoms with E-state index in [4.69, 9.17) is 0 Å². The van der Waals surface area contributed by atoms with E-state index < -0.39 is 29.3 Å². The van der Waals surface area contributed by atoms with Gasteiger partial charge in [-0.15, -0.1) is 0 Å². The summed E-state index contributed by atoms with van der Waals surface area (Å²) >= 11 is 0. The quantitative estimate of drug-likeness (QED) is 0.414. The van der Waals surface area contributed by atoms with E-state index in [1.165, 1.54) is 36.5 Å². The van der Waals surface area contributed by atoms with Gasteiger partial charge in [-0.1, -0.05) is 0 Å². The standard InChI is InChI=1S/C19H18N6O6/c26-8-20-16-2-1-15(19(6-16,24-12-30)25-13-31)5-14-3-4-18(22-10-28,23-11-29)7-17(14)21-9-27/h14-17H,1-7H2. The molecule has 2 aliphatic carbocycles. The molecule has 0 aromatic carbocycles. The van der Waals surface area contributed by atoms with Gasteiger partial charge in [-0.05, 0) is 38.0 Å². The molecule has 12 nitrogen and oxygen atoms in total. The summed E-state index contributed by atoms with van der Waals surface area (Å²) in [4.78, 5) is 87.7. The molecule has 0 aromatic heterocycles. The highest BCUT2D eigenvalue weighted by Gasteiger charge is 2.49. The van der Waals surface area contributed by atoms with Crippen LogP contribution in [0.4, 0.5) is 0 Å². The minimum absolute atomic E-state index is 0.0108. The van der Waals surface area contributed by atoms with Gasteiger partial charge in [0, 0.05) is 18.8 Å². The van der Waals surface area contributed by atoms with Gasteiger partial charge in [0.05, 0.1) is 12.1 Å². The molecule has 31 heavy (non-hydrogen) atoms. The fourth-order valence-electron chi connectivity index (χ4n) is 4.66. The topological polar surface area (TPSA) is 177 Å². The van der Waals surface area contributed by atoms with Crippen molar-refractivity contribution in [2.24, 2.45) is 41.8 Å². The van der Waals surface area contributed by atoms with Crippen LogP contribution in [0.2, 0.25) is 0 Å². The molecule has 160 valence electrons. The maximum absolute atomic E-state index is 11.1. The van der Waals surface area contributed by atoms with Gasteiger partial charge in [0.15, 0.2) is 11.3 Å². The Morgan fingerprint density at radius 2 is 1.29 bits per heavy atom. The van der Waals surface area contributed by atoms with Crippen LogP contribution in [0.15, 0.2) is 30.0 Å². The van der Waals surface area contributed by atoms with Crippen LogP contribution in [0.1, 0.15) is 44.9 Å². The maximum Gasteiger partial charge on any atom is 0.237 e. The van der Waals surface area contributed by atoms with Gasteiger partial charge in [-0.3, -0.25) is 0 Å². The number of aliphatic imine (C=N–C) groups is 6. The van der Waals surface area contributed by atoms with Crippen molar-refractivity contribution >= 4 is 36.5 Å². The number of hydrogen-bond donors (Lipinski definition) is 0. The van der Waals surface area contributed by atoms with E-state index in [0.717, 1.165) is 0 Å². The van der Waals surface area contributed by atoms with E-state index >= 15 is 0 Å². The maximum atomic E-state index is 11.1. The van der Waals surface area contributed by atoms with E-state index in [0.29, 0.717) is 25.7 Å². The fourth-order valence-corrected chi connectivity index (χ4v) is 4.66. The predicted octanol–water partition coefficient (Wildman–Crippen LogP) is 1.12. The average molecular weight is 426 g/mol. The molecule has 2 saturated carbocycles. The summed E-state index contributed by atoms with van der Waals surface area (Å²) in [5.74, 6) is -0.697. The Kier molecular flexibility index (Phi) is 8.27. The molecule has 0 bridgehead atoms. The van der Waals surface area contributed by atoms with E-state index in [9.17, 15) is 28.8 Å². The first kappa shape index (κ1) is 23.6. The number of hydrogen-bond acceptors (Lipinski definition) is 12. The van der Waals surface area contributed by atoms with Gasteiger partial charge in [-0.2, -0.15) is 20.0 Å². The van der Waals surface area contributed by atoms with Crippen LogP contribution in [0.3, 0.4) is 0 Å². The van der Waals surface area contributed by atoms with E-state index in [1.54, 1.807) is 0 Å². The van der Waals surface area contributed by atoms with Gasteiger partial charge in [-0.25, -0.2) is 38.8 Å². The van der Waals surface area contributed by atoms with Crippen molar-refractivity contribution in [1.82, 2.24) is 0 Å². The third-order valence-electron chi connectivity index (χ3n) is 6.06. The molecule has 0 heterocycles. The molecule has 12 heteroatoms. The van der Waals surface area contributed by atoms with Crippen LogP contribution in [-0.2, 0) is 28.8 Å². The summed E-state index contributed by atoms with van der Waals surface area (Å²) in [5.41, 5.74) is -2.90. The van der Waals surface area contributed by atoms with E-state index in [1.807, 2.05) is 0 Å². The zero-order valence-electron chi connectivity index (χ0n) is 16.4. The van der Waals surface area contributed by atoms with Crippen molar-refractivity contribution in [3.63, 3.8) is 0 Å². The smallest absolute Gasteiger partial charge is 0.211 e. The molecule has 0 radical (unpaired) electrons. The summed E-state index contributed by atoms with van der Waals surface area (Å²) in [5, 5.41) is 0. The van der Waals surface area contributed by atoms with Gasteiger partial charge < -0.3 is 0 Å². The molecule has 2 aliphatic rings. The van der Waals surface area contributed by atoms with Crippen molar-refractivity contribution in [2.75, 3.05) is 0 Å². The molecule has 4 unspecified atom stereocenters. The summed E-state index contributed by atoms with van der Waals surface area (Å²) < 4.78 is 0. The molecule has 0 amide bonds. The molecule has 0 saturated heterocycles. The van der Waals surface area contributed by atoms with Crippen LogP contribution >= 0.6 is 0 Å². The average Bonchev–Trinajstić information content (AvgIpc) is 2.73. The molecule has 0 aromatic rings. The second kappa shape index (κ2) is 10.9. The van der Waals surface area contributed by atoms with Crippen molar-refractivity contribution in [3.05, 3.63) is 0 Å². The number of nitrogens with zero attached hydrogens (tertiary/aromatic N) is 6. The zero-order chi connectivity index (χ0) is 22.7. The van der Waals surface area contributed by atoms with E-state index in [2.05, 4.69) is 30.0 Å². The van der Waals surface area contributed by atoms with Crippen LogP contribution in [0, 0.1) is 11.8 Å². The Hall–Kier alpha value is -3.72. The SMILES string of the molecule is O=C=NC1CCC(CC2CCC(N=C=O)(N=C=O)CC2N=C=O)C(N=C=O)(N=C=O)C1. The first-order valence-electron chi connectivity index (χ1n) is 9.52. The largest absolute Gasteiger partial charge is 0.237 e. The summed E-state index contributed by atoms with van der Waals surface area (Å²) in [7, 11) is 0. The minimum Gasteiger partial charge on any atom is -0.211 e. The Balaban J connectivity index is 2.37. The predicted molar refractivity (Wildman–Crippen MR) is 101 cm³/mol. The second-order valence-electron chi connectivity index (χ2n) is 7.55. The van der Waals surface area contributed by atoms with Crippen LogP contribution in [-0.4, -0.2) is 59.9 Å². The van der Waals surface area contributed by atoms with Gasteiger partial charge in [0.25, 0.3) is 0 Å². The monoisotopic (exact) mass is 426 g/mol. The Morgan fingerprint density at radius 3 is 1.84 bits per heavy atom. The van der Waals surface area contributed by atoms with Gasteiger partial charge in [0.1, 0.15) is 0 Å². The summed E-state index contributed by atoms with van der Waals surface area (Å²) in [6.07, 6.45) is 10.4. The van der Waals surface area contributed by atoms with Crippen LogP contribution < -0.4 is 0 Å². The summed E-state index contributed by atoms with van der Waals surface area (Å²) in [6, 6.07) is -1.21. The third-order valence-corrected chi connectivity index (χ3v) is 6.06. The molecule has 0 aliphatic heterocycles.